The zero-order valence-corrected chi connectivity index (χ0v) is 11.9. The summed E-state index contributed by atoms with van der Waals surface area (Å²) in [6.45, 7) is -0.440. The van der Waals surface area contributed by atoms with Gasteiger partial charge in [0.25, 0.3) is 0 Å². The Bertz CT molecular complexity index is 673. The smallest absolute Gasteiger partial charge is 0.298 e. The second kappa shape index (κ2) is 5.23. The lowest BCUT2D eigenvalue weighted by molar-refractivity contribution is -0.117. The van der Waals surface area contributed by atoms with Crippen LogP contribution in [0.25, 0.3) is 0 Å². The van der Waals surface area contributed by atoms with Crippen LogP contribution in [0.15, 0.2) is 0 Å². The number of carbonyl (C=O) groups excluding carboxylic acids is 2. The molecule has 0 aliphatic carbocycles. The molecule has 11 heteroatoms. The van der Waals surface area contributed by atoms with Crippen molar-refractivity contribution in [3.8, 4) is 0 Å². The van der Waals surface area contributed by atoms with Crippen LogP contribution in [0.2, 0.25) is 10.3 Å². The number of amides is 1. The van der Waals surface area contributed by atoms with Crippen LogP contribution < -0.4 is 4.90 Å². The van der Waals surface area contributed by atoms with Gasteiger partial charge in [0.15, 0.2) is 6.29 Å². The molecule has 1 saturated heterocycles. The third-order valence-electron chi connectivity index (χ3n) is 2.69. The summed E-state index contributed by atoms with van der Waals surface area (Å²) in [7, 11) is -4.85. The van der Waals surface area contributed by atoms with Gasteiger partial charge in [-0.2, -0.15) is 18.4 Å². The fraction of sp³-hybridized carbons (Fsp3) is 0.333. The van der Waals surface area contributed by atoms with Crippen molar-refractivity contribution in [3.63, 3.8) is 0 Å². The van der Waals surface area contributed by atoms with E-state index in [1.165, 1.54) is 0 Å². The van der Waals surface area contributed by atoms with Gasteiger partial charge in [0.2, 0.25) is 11.9 Å². The second-order valence-electron chi connectivity index (χ2n) is 3.94. The predicted octanol–water partition coefficient (Wildman–Crippen LogP) is 1.00. The minimum Gasteiger partial charge on any atom is -0.298 e. The molecule has 0 N–H and O–H groups in total. The van der Waals surface area contributed by atoms with E-state index in [2.05, 4.69) is 9.97 Å². The molecule has 1 aliphatic heterocycles. The van der Waals surface area contributed by atoms with Gasteiger partial charge in [-0.05, 0) is 0 Å². The van der Waals surface area contributed by atoms with E-state index in [0.29, 0.717) is 6.29 Å². The normalized spacial score (nSPS) is 19.4. The largest absolute Gasteiger partial charge is 0.307 e. The molecular weight excluding hydrogens is 336 g/mol. The highest BCUT2D eigenvalue weighted by atomic mass is 35.5. The molecule has 0 spiro atoms. The van der Waals surface area contributed by atoms with Crippen LogP contribution in [0.1, 0.15) is 16.8 Å². The number of aldehydes is 1. The Morgan fingerprint density at radius 3 is 2.25 bits per heavy atom. The van der Waals surface area contributed by atoms with Gasteiger partial charge in [0, 0.05) is 13.0 Å². The fourth-order valence-electron chi connectivity index (χ4n) is 1.68. The number of hydrogen-bond donors (Lipinski definition) is 0. The van der Waals surface area contributed by atoms with Crippen LogP contribution in [-0.4, -0.2) is 42.4 Å². The molecule has 1 aliphatic rings. The number of carbonyl (C=O) groups is 2. The molecule has 0 aromatic carbocycles. The summed E-state index contributed by atoms with van der Waals surface area (Å²) in [5, 5.41) is -2.05. The molecule has 1 fully saturated rings. The molecular formula is C9H6Cl2FN3O4S. The molecule has 1 amide bonds. The molecule has 108 valence electrons. The minimum absolute atomic E-state index is 0.154. The van der Waals surface area contributed by atoms with E-state index in [1.54, 1.807) is 0 Å². The summed E-state index contributed by atoms with van der Waals surface area (Å²) in [5.74, 6) is -0.955. The van der Waals surface area contributed by atoms with E-state index < -0.39 is 34.3 Å². The summed E-state index contributed by atoms with van der Waals surface area (Å²) >= 11 is 11.4. The van der Waals surface area contributed by atoms with Crippen LogP contribution >= 0.6 is 23.2 Å². The quantitative estimate of drug-likeness (QED) is 0.462. The Morgan fingerprint density at radius 2 is 1.85 bits per heavy atom. The van der Waals surface area contributed by atoms with Crippen molar-refractivity contribution in [2.75, 3.05) is 11.4 Å². The van der Waals surface area contributed by atoms with Crippen LogP contribution in [-0.2, 0) is 15.0 Å². The number of halogens is 3. The standard InChI is InChI=1S/C9H6Cl2FN3O4S/c10-7-5(3-16)8(11)14-9(13-7)15-2-4(1-6(15)17)20(12,18)19/h3-4H,1-2H2. The van der Waals surface area contributed by atoms with Crippen molar-refractivity contribution in [2.45, 2.75) is 11.7 Å². The topological polar surface area (TPSA) is 97.3 Å². The first kappa shape index (κ1) is 15.1. The van der Waals surface area contributed by atoms with Gasteiger partial charge >= 0.3 is 10.2 Å². The highest BCUT2D eigenvalue weighted by molar-refractivity contribution is 7.87. The summed E-state index contributed by atoms with van der Waals surface area (Å²) in [6, 6.07) is 0. The molecule has 7 nitrogen and oxygen atoms in total. The zero-order chi connectivity index (χ0) is 15.1. The van der Waals surface area contributed by atoms with Crippen molar-refractivity contribution in [1.82, 2.24) is 9.97 Å². The molecule has 1 unspecified atom stereocenters. The number of aromatic nitrogens is 2. The maximum atomic E-state index is 12.9. The summed E-state index contributed by atoms with van der Waals surface area (Å²) in [5.41, 5.74) is -0.154. The zero-order valence-electron chi connectivity index (χ0n) is 9.59. The Hall–Kier alpha value is -1.32. The highest BCUT2D eigenvalue weighted by Crippen LogP contribution is 2.27. The first-order chi connectivity index (χ1) is 9.24. The van der Waals surface area contributed by atoms with E-state index in [-0.39, 0.29) is 21.8 Å². The molecule has 0 radical (unpaired) electrons. The Labute approximate surface area is 122 Å². The summed E-state index contributed by atoms with van der Waals surface area (Å²) in [6.07, 6.45) is -0.179. The number of hydrogen-bond acceptors (Lipinski definition) is 6. The Morgan fingerprint density at radius 1 is 1.30 bits per heavy atom. The predicted molar refractivity (Wildman–Crippen MR) is 68.2 cm³/mol. The minimum atomic E-state index is -4.85. The third-order valence-corrected chi connectivity index (χ3v) is 4.38. The Balaban J connectivity index is 2.38. The van der Waals surface area contributed by atoms with Crippen LogP contribution in [0.4, 0.5) is 9.83 Å². The average Bonchev–Trinajstić information content (AvgIpc) is 2.70. The first-order valence-electron chi connectivity index (χ1n) is 5.16. The van der Waals surface area contributed by atoms with Crippen molar-refractivity contribution in [3.05, 3.63) is 15.9 Å². The second-order valence-corrected chi connectivity index (χ2v) is 6.28. The van der Waals surface area contributed by atoms with Gasteiger partial charge in [0.05, 0.1) is 5.56 Å². The Kier molecular flexibility index (Phi) is 3.94. The molecule has 1 aromatic heterocycles. The number of nitrogens with zero attached hydrogens (tertiary/aromatic N) is 3. The van der Waals surface area contributed by atoms with E-state index >= 15 is 0 Å². The average molecular weight is 342 g/mol. The van der Waals surface area contributed by atoms with E-state index in [1.807, 2.05) is 0 Å². The molecule has 20 heavy (non-hydrogen) atoms. The number of anilines is 1. The lowest BCUT2D eigenvalue weighted by Crippen LogP contribution is -2.28. The van der Waals surface area contributed by atoms with Crippen LogP contribution in [0.5, 0.6) is 0 Å². The fourth-order valence-corrected chi connectivity index (χ4v) is 2.82. The van der Waals surface area contributed by atoms with Gasteiger partial charge < -0.3 is 0 Å². The third kappa shape index (κ3) is 2.74. The molecule has 1 atom stereocenters. The molecule has 2 rings (SSSR count). The van der Waals surface area contributed by atoms with Gasteiger partial charge in [-0.15, -0.1) is 3.89 Å². The number of rotatable bonds is 3. The maximum Gasteiger partial charge on any atom is 0.307 e. The van der Waals surface area contributed by atoms with Gasteiger partial charge in [-0.3, -0.25) is 14.5 Å². The highest BCUT2D eigenvalue weighted by Gasteiger charge is 2.40. The van der Waals surface area contributed by atoms with Gasteiger partial charge in [0.1, 0.15) is 15.6 Å². The van der Waals surface area contributed by atoms with E-state index in [4.69, 9.17) is 23.2 Å². The van der Waals surface area contributed by atoms with Crippen molar-refractivity contribution in [2.24, 2.45) is 0 Å². The summed E-state index contributed by atoms with van der Waals surface area (Å²) < 4.78 is 34.5. The lowest BCUT2D eigenvalue weighted by atomic mass is 10.4. The molecule has 0 saturated carbocycles. The lowest BCUT2D eigenvalue weighted by Gasteiger charge is -2.14. The molecule has 2 heterocycles. The van der Waals surface area contributed by atoms with Gasteiger partial charge in [-0.25, -0.2) is 0 Å². The SMILES string of the molecule is O=Cc1c(Cl)nc(N2CC(S(=O)(=O)F)CC2=O)nc1Cl. The summed E-state index contributed by atoms with van der Waals surface area (Å²) in [4.78, 5) is 30.6. The van der Waals surface area contributed by atoms with E-state index in [9.17, 15) is 21.9 Å². The monoisotopic (exact) mass is 341 g/mol. The van der Waals surface area contributed by atoms with Crippen molar-refractivity contribution < 1.29 is 21.9 Å². The maximum absolute atomic E-state index is 12.9. The van der Waals surface area contributed by atoms with Crippen molar-refractivity contribution >= 4 is 51.6 Å². The molecule has 1 aromatic rings. The molecule has 0 bridgehead atoms. The van der Waals surface area contributed by atoms with Crippen LogP contribution in [0, 0.1) is 0 Å². The van der Waals surface area contributed by atoms with Gasteiger partial charge in [-0.1, -0.05) is 23.2 Å². The van der Waals surface area contributed by atoms with Crippen LogP contribution in [0.3, 0.4) is 0 Å². The van der Waals surface area contributed by atoms with E-state index in [0.717, 1.165) is 4.90 Å². The first-order valence-corrected chi connectivity index (χ1v) is 7.36. The van der Waals surface area contributed by atoms with Crippen molar-refractivity contribution in [1.29, 1.82) is 0 Å².